The third-order valence-electron chi connectivity index (χ3n) is 4.10. The lowest BCUT2D eigenvalue weighted by Gasteiger charge is -2.18. The van der Waals surface area contributed by atoms with Gasteiger partial charge in [0.1, 0.15) is 0 Å². The summed E-state index contributed by atoms with van der Waals surface area (Å²) in [5.41, 5.74) is 1.95. The molecule has 1 unspecified atom stereocenters. The fourth-order valence-corrected chi connectivity index (χ4v) is 3.56. The van der Waals surface area contributed by atoms with Crippen LogP contribution in [0.15, 0.2) is 40.7 Å². The highest BCUT2D eigenvalue weighted by molar-refractivity contribution is 14.0. The molecule has 0 aliphatic carbocycles. The van der Waals surface area contributed by atoms with Crippen molar-refractivity contribution in [2.24, 2.45) is 4.99 Å². The lowest BCUT2D eigenvalue weighted by molar-refractivity contribution is -0.117. The van der Waals surface area contributed by atoms with Crippen molar-refractivity contribution in [1.82, 2.24) is 15.6 Å². The Morgan fingerprint density at radius 3 is 2.81 bits per heavy atom. The fourth-order valence-electron chi connectivity index (χ4n) is 2.82. The van der Waals surface area contributed by atoms with Crippen LogP contribution in [0.4, 0.5) is 5.69 Å². The fraction of sp³-hybridized carbons (Fsp3) is 0.389. The molecule has 1 aromatic carbocycles. The third kappa shape index (κ3) is 5.16. The van der Waals surface area contributed by atoms with Crippen molar-refractivity contribution in [2.45, 2.75) is 32.4 Å². The molecule has 0 saturated carbocycles. The smallest absolute Gasteiger partial charge is 0.229 e. The second-order valence-electron chi connectivity index (χ2n) is 5.90. The van der Waals surface area contributed by atoms with E-state index in [0.29, 0.717) is 25.5 Å². The van der Waals surface area contributed by atoms with Gasteiger partial charge in [0, 0.05) is 31.1 Å². The van der Waals surface area contributed by atoms with Crippen molar-refractivity contribution in [1.29, 1.82) is 0 Å². The molecule has 2 aromatic rings. The monoisotopic (exact) mass is 485 g/mol. The van der Waals surface area contributed by atoms with Crippen LogP contribution in [-0.2, 0) is 17.8 Å². The van der Waals surface area contributed by atoms with E-state index in [2.05, 4.69) is 32.9 Å². The van der Waals surface area contributed by atoms with E-state index in [1.807, 2.05) is 35.2 Å². The van der Waals surface area contributed by atoms with Gasteiger partial charge in [-0.2, -0.15) is 0 Å². The van der Waals surface area contributed by atoms with E-state index in [9.17, 15) is 4.79 Å². The highest BCUT2D eigenvalue weighted by Gasteiger charge is 2.31. The molecular weight excluding hydrogens is 461 g/mol. The Balaban J connectivity index is 0.00000243. The number of amides is 1. The highest BCUT2D eigenvalue weighted by Crippen LogP contribution is 2.20. The number of hydrogen-bond acceptors (Lipinski definition) is 4. The summed E-state index contributed by atoms with van der Waals surface area (Å²) in [6, 6.07) is 9.81. The van der Waals surface area contributed by atoms with E-state index in [1.165, 1.54) is 0 Å². The van der Waals surface area contributed by atoms with E-state index >= 15 is 0 Å². The number of carbonyl (C=O) groups excluding carboxylic acids is 1. The molecule has 1 amide bonds. The largest absolute Gasteiger partial charge is 0.351 e. The van der Waals surface area contributed by atoms with E-state index in [1.54, 1.807) is 18.4 Å². The van der Waals surface area contributed by atoms with Gasteiger partial charge in [-0.1, -0.05) is 25.1 Å². The minimum Gasteiger partial charge on any atom is -0.351 e. The summed E-state index contributed by atoms with van der Waals surface area (Å²) in [5.74, 6) is 0.824. The Kier molecular flexibility index (Phi) is 7.83. The third-order valence-corrected chi connectivity index (χ3v) is 5.14. The number of aliphatic imine (C=N–C) groups is 1. The zero-order valence-corrected chi connectivity index (χ0v) is 18.1. The van der Waals surface area contributed by atoms with Crippen LogP contribution in [-0.4, -0.2) is 36.5 Å². The lowest BCUT2D eigenvalue weighted by atomic mass is 10.2. The Morgan fingerprint density at radius 1 is 1.38 bits per heavy atom. The number of carbonyl (C=O) groups is 1. The highest BCUT2D eigenvalue weighted by atomic mass is 127. The Morgan fingerprint density at radius 2 is 2.15 bits per heavy atom. The number of hydrogen-bond donors (Lipinski definition) is 2. The van der Waals surface area contributed by atoms with Gasteiger partial charge in [-0.25, -0.2) is 4.98 Å². The molecular formula is C18H24IN5OS. The summed E-state index contributed by atoms with van der Waals surface area (Å²) in [5, 5.41) is 9.81. The summed E-state index contributed by atoms with van der Waals surface area (Å²) in [7, 11) is 1.74. The topological polar surface area (TPSA) is 69.6 Å². The Hall–Kier alpha value is -1.68. The number of nitrogens with one attached hydrogen (secondary N) is 2. The van der Waals surface area contributed by atoms with Crippen molar-refractivity contribution in [3.05, 3.63) is 46.4 Å². The number of nitrogens with zero attached hydrogens (tertiary/aromatic N) is 3. The van der Waals surface area contributed by atoms with Crippen LogP contribution < -0.4 is 15.5 Å². The number of anilines is 1. The summed E-state index contributed by atoms with van der Waals surface area (Å²) >= 11 is 1.68. The van der Waals surface area contributed by atoms with Crippen molar-refractivity contribution in [2.75, 3.05) is 18.5 Å². The predicted molar refractivity (Wildman–Crippen MR) is 117 cm³/mol. The summed E-state index contributed by atoms with van der Waals surface area (Å²) in [4.78, 5) is 22.9. The number of benzene rings is 1. The number of guanidine groups is 1. The van der Waals surface area contributed by atoms with Gasteiger partial charge in [-0.3, -0.25) is 9.79 Å². The molecule has 1 atom stereocenters. The summed E-state index contributed by atoms with van der Waals surface area (Å²) in [6.45, 7) is 3.37. The Bertz CT molecular complexity index is 749. The van der Waals surface area contributed by atoms with Crippen molar-refractivity contribution in [3.63, 3.8) is 0 Å². The average Bonchev–Trinajstić information content (AvgIpc) is 3.25. The second kappa shape index (κ2) is 9.86. The first-order chi connectivity index (χ1) is 12.2. The van der Waals surface area contributed by atoms with Gasteiger partial charge < -0.3 is 15.5 Å². The molecule has 1 aromatic heterocycles. The first-order valence-corrected chi connectivity index (χ1v) is 9.33. The molecule has 1 aliphatic rings. The molecule has 0 spiro atoms. The number of para-hydroxylation sites is 1. The first kappa shape index (κ1) is 20.6. The first-order valence-electron chi connectivity index (χ1n) is 8.45. The van der Waals surface area contributed by atoms with Gasteiger partial charge in [0.2, 0.25) is 5.91 Å². The van der Waals surface area contributed by atoms with Gasteiger partial charge in [0.25, 0.3) is 0 Å². The number of rotatable bonds is 5. The van der Waals surface area contributed by atoms with Crippen LogP contribution in [0.25, 0.3) is 0 Å². The van der Waals surface area contributed by atoms with Gasteiger partial charge >= 0.3 is 0 Å². The zero-order valence-electron chi connectivity index (χ0n) is 14.9. The van der Waals surface area contributed by atoms with Gasteiger partial charge in [-0.05, 0) is 18.6 Å². The molecule has 1 fully saturated rings. The minimum atomic E-state index is 0. The molecule has 26 heavy (non-hydrogen) atoms. The normalized spacial score (nSPS) is 17.2. The number of halogens is 1. The summed E-state index contributed by atoms with van der Waals surface area (Å²) < 4.78 is 0. The molecule has 1 aliphatic heterocycles. The van der Waals surface area contributed by atoms with Crippen LogP contribution in [0, 0.1) is 0 Å². The van der Waals surface area contributed by atoms with Crippen molar-refractivity contribution < 1.29 is 4.79 Å². The van der Waals surface area contributed by atoms with Gasteiger partial charge in [-0.15, -0.1) is 35.3 Å². The molecule has 2 heterocycles. The number of thiazole rings is 1. The zero-order chi connectivity index (χ0) is 17.6. The maximum Gasteiger partial charge on any atom is 0.229 e. The summed E-state index contributed by atoms with van der Waals surface area (Å²) in [6.07, 6.45) is 1.42. The van der Waals surface area contributed by atoms with Crippen LogP contribution in [0.2, 0.25) is 0 Å². The standard InChI is InChI=1S/C18H23N5OS.HI/c1-3-16-21-14(12-25-16)10-20-18(19-2)22-13-9-17(24)23(11-13)15-7-5-4-6-8-15;/h4-8,12-13H,3,9-11H2,1-2H3,(H2,19,20,22);1H. The van der Waals surface area contributed by atoms with Crippen LogP contribution in [0.3, 0.4) is 0 Å². The molecule has 3 rings (SSSR count). The van der Waals surface area contributed by atoms with Gasteiger partial charge in [0.05, 0.1) is 23.3 Å². The Labute approximate surface area is 175 Å². The number of aromatic nitrogens is 1. The van der Waals surface area contributed by atoms with Crippen LogP contribution in [0.1, 0.15) is 24.0 Å². The van der Waals surface area contributed by atoms with E-state index in [-0.39, 0.29) is 35.9 Å². The maximum absolute atomic E-state index is 12.3. The lowest BCUT2D eigenvalue weighted by Crippen LogP contribution is -2.44. The number of aryl methyl sites for hydroxylation is 1. The predicted octanol–water partition coefficient (Wildman–Crippen LogP) is 2.79. The molecule has 1 saturated heterocycles. The SMILES string of the molecule is CCc1nc(CNC(=NC)NC2CC(=O)N(c3ccccc3)C2)cs1.I. The second-order valence-corrected chi connectivity index (χ2v) is 6.84. The molecule has 0 radical (unpaired) electrons. The molecule has 140 valence electrons. The minimum absolute atomic E-state index is 0. The maximum atomic E-state index is 12.3. The van der Waals surface area contributed by atoms with Gasteiger partial charge in [0.15, 0.2) is 5.96 Å². The van der Waals surface area contributed by atoms with E-state index in [4.69, 9.17) is 0 Å². The molecule has 6 nitrogen and oxygen atoms in total. The van der Waals surface area contributed by atoms with E-state index < -0.39 is 0 Å². The molecule has 2 N–H and O–H groups in total. The van der Waals surface area contributed by atoms with Crippen LogP contribution in [0.5, 0.6) is 0 Å². The van der Waals surface area contributed by atoms with Crippen molar-refractivity contribution >= 4 is 52.9 Å². The quantitative estimate of drug-likeness (QED) is 0.389. The van der Waals surface area contributed by atoms with Crippen LogP contribution >= 0.6 is 35.3 Å². The average molecular weight is 485 g/mol. The van der Waals surface area contributed by atoms with E-state index in [0.717, 1.165) is 22.8 Å². The van der Waals surface area contributed by atoms with Crippen molar-refractivity contribution in [3.8, 4) is 0 Å². The molecule has 0 bridgehead atoms. The molecule has 8 heteroatoms.